The number of carbonyl (C=O) groups is 1. The maximum Gasteiger partial charge on any atom is 0.332 e. The lowest BCUT2D eigenvalue weighted by atomic mass is 9.95. The SMILES string of the molecule is Cn1c(N2CCCN(CCCN3c4ccccc4Sc4ccc(C5(C(=O)O)CC5)cc43)CC2)cc(=O)n(C)c1=O. The molecule has 2 aromatic carbocycles. The lowest BCUT2D eigenvalue weighted by Crippen LogP contribution is -2.41. The third kappa shape index (κ3) is 4.73. The molecule has 0 amide bonds. The van der Waals surface area contributed by atoms with E-state index in [-0.39, 0.29) is 11.2 Å². The Kier molecular flexibility index (Phi) is 7.00. The number of rotatable bonds is 7. The molecule has 10 heteroatoms. The monoisotopic (exact) mass is 561 g/mol. The number of anilines is 3. The molecule has 0 radical (unpaired) electrons. The molecule has 1 saturated carbocycles. The average molecular weight is 562 g/mol. The third-order valence-electron chi connectivity index (χ3n) is 8.61. The predicted octanol–water partition coefficient (Wildman–Crippen LogP) is 3.41. The summed E-state index contributed by atoms with van der Waals surface area (Å²) in [5, 5.41) is 9.88. The van der Waals surface area contributed by atoms with Crippen LogP contribution in [-0.2, 0) is 24.3 Å². The molecule has 3 aromatic rings. The number of hydrogen-bond donors (Lipinski definition) is 1. The summed E-state index contributed by atoms with van der Waals surface area (Å²) in [7, 11) is 3.23. The summed E-state index contributed by atoms with van der Waals surface area (Å²) in [5.74, 6) is -0.0476. The van der Waals surface area contributed by atoms with Crippen LogP contribution in [0.25, 0.3) is 0 Å². The molecule has 1 saturated heterocycles. The third-order valence-corrected chi connectivity index (χ3v) is 9.74. The first-order valence-electron chi connectivity index (χ1n) is 14.0. The molecule has 0 spiro atoms. The van der Waals surface area contributed by atoms with Crippen LogP contribution >= 0.6 is 11.8 Å². The first-order valence-corrected chi connectivity index (χ1v) is 14.8. The van der Waals surface area contributed by atoms with Crippen LogP contribution in [0.15, 0.2) is 67.9 Å². The molecule has 1 N–H and O–H groups in total. The van der Waals surface area contributed by atoms with Crippen LogP contribution in [0.4, 0.5) is 17.2 Å². The van der Waals surface area contributed by atoms with E-state index in [1.807, 2.05) is 6.07 Å². The van der Waals surface area contributed by atoms with Gasteiger partial charge < -0.3 is 19.8 Å². The molecule has 3 aliphatic rings. The van der Waals surface area contributed by atoms with Crippen molar-refractivity contribution in [2.45, 2.75) is 40.9 Å². The van der Waals surface area contributed by atoms with Crippen LogP contribution in [0.2, 0.25) is 0 Å². The van der Waals surface area contributed by atoms with E-state index in [1.165, 1.54) is 17.6 Å². The fourth-order valence-electron chi connectivity index (χ4n) is 6.02. The van der Waals surface area contributed by atoms with Crippen molar-refractivity contribution in [2.75, 3.05) is 49.1 Å². The molecule has 1 aromatic heterocycles. The number of fused-ring (bicyclic) bond motifs is 2. The second-order valence-corrected chi connectivity index (χ2v) is 12.2. The van der Waals surface area contributed by atoms with Crippen LogP contribution in [-0.4, -0.2) is 64.4 Å². The van der Waals surface area contributed by atoms with E-state index in [4.69, 9.17) is 0 Å². The van der Waals surface area contributed by atoms with E-state index in [9.17, 15) is 19.5 Å². The highest BCUT2D eigenvalue weighted by atomic mass is 32.2. The molecule has 9 nitrogen and oxygen atoms in total. The van der Waals surface area contributed by atoms with E-state index in [0.717, 1.165) is 72.8 Å². The van der Waals surface area contributed by atoms with E-state index >= 15 is 0 Å². The van der Waals surface area contributed by atoms with Gasteiger partial charge in [0.2, 0.25) is 0 Å². The molecule has 210 valence electrons. The van der Waals surface area contributed by atoms with Gasteiger partial charge in [0.15, 0.2) is 0 Å². The summed E-state index contributed by atoms with van der Waals surface area (Å²) >= 11 is 1.75. The molecule has 0 unspecified atom stereocenters. The number of benzene rings is 2. The highest BCUT2D eigenvalue weighted by Gasteiger charge is 2.52. The molecule has 2 aliphatic heterocycles. The Labute approximate surface area is 237 Å². The Morgan fingerprint density at radius 3 is 2.45 bits per heavy atom. The summed E-state index contributed by atoms with van der Waals surface area (Å²) in [5.41, 5.74) is 1.86. The highest BCUT2D eigenvalue weighted by molar-refractivity contribution is 7.99. The first-order chi connectivity index (χ1) is 19.3. The lowest BCUT2D eigenvalue weighted by molar-refractivity contribution is -0.140. The fraction of sp³-hybridized carbons (Fsp3) is 0.433. The number of hydrogen-bond acceptors (Lipinski definition) is 7. The van der Waals surface area contributed by atoms with Crippen LogP contribution in [0.1, 0.15) is 31.2 Å². The van der Waals surface area contributed by atoms with Crippen molar-refractivity contribution in [3.63, 3.8) is 0 Å². The quantitative estimate of drug-likeness (QED) is 0.470. The fourth-order valence-corrected chi connectivity index (χ4v) is 7.10. The number of aliphatic carboxylic acids is 1. The summed E-state index contributed by atoms with van der Waals surface area (Å²) in [4.78, 5) is 46.1. The zero-order chi connectivity index (χ0) is 28.0. The summed E-state index contributed by atoms with van der Waals surface area (Å²) in [6.45, 7) is 5.14. The summed E-state index contributed by atoms with van der Waals surface area (Å²) in [6.07, 6.45) is 3.30. The molecule has 6 rings (SSSR count). The second-order valence-electron chi connectivity index (χ2n) is 11.1. The van der Waals surface area contributed by atoms with Gasteiger partial charge in [-0.1, -0.05) is 30.0 Å². The van der Waals surface area contributed by atoms with Crippen molar-refractivity contribution in [1.29, 1.82) is 0 Å². The van der Waals surface area contributed by atoms with Crippen molar-refractivity contribution < 1.29 is 9.90 Å². The number of carboxylic acid groups (broad SMARTS) is 1. The molecule has 1 aliphatic carbocycles. The van der Waals surface area contributed by atoms with Gasteiger partial charge in [0, 0.05) is 56.1 Å². The Bertz CT molecular complexity index is 1580. The molecule has 3 heterocycles. The zero-order valence-corrected chi connectivity index (χ0v) is 23.8. The molecule has 2 fully saturated rings. The summed E-state index contributed by atoms with van der Waals surface area (Å²) < 4.78 is 2.70. The normalized spacial score (nSPS) is 18.1. The Hall–Kier alpha value is -3.50. The minimum atomic E-state index is -0.729. The number of para-hydroxylation sites is 1. The van der Waals surface area contributed by atoms with Crippen molar-refractivity contribution in [1.82, 2.24) is 14.0 Å². The molecule has 0 bridgehead atoms. The van der Waals surface area contributed by atoms with Gasteiger partial charge in [0.25, 0.3) is 5.56 Å². The van der Waals surface area contributed by atoms with Crippen molar-refractivity contribution >= 4 is 34.9 Å². The van der Waals surface area contributed by atoms with Crippen molar-refractivity contribution in [3.05, 3.63) is 74.9 Å². The van der Waals surface area contributed by atoms with E-state index in [1.54, 1.807) is 29.4 Å². The second kappa shape index (κ2) is 10.5. The largest absolute Gasteiger partial charge is 0.481 e. The van der Waals surface area contributed by atoms with E-state index < -0.39 is 11.4 Å². The number of aromatic nitrogens is 2. The molecule has 40 heavy (non-hydrogen) atoms. The standard InChI is InChI=1S/C30H35N5O4S/c1-31-26(20-27(36)32(2)29(31)39)34-15-5-13-33(17-18-34)14-6-16-35-22-7-3-4-8-24(22)40-25-10-9-21(19-23(25)35)30(11-12-30)28(37)38/h3-4,7-10,19-20H,5-6,11-18H2,1-2H3,(H,37,38). The lowest BCUT2D eigenvalue weighted by Gasteiger charge is -2.34. The van der Waals surface area contributed by atoms with Crippen LogP contribution in [0.5, 0.6) is 0 Å². The molecular formula is C30H35N5O4S. The smallest absolute Gasteiger partial charge is 0.332 e. The van der Waals surface area contributed by atoms with Gasteiger partial charge in [-0.05, 0) is 68.6 Å². The molecule has 0 atom stereocenters. The maximum atomic E-state index is 12.4. The topological polar surface area (TPSA) is 91.0 Å². The van der Waals surface area contributed by atoms with Gasteiger partial charge in [0.05, 0.1) is 16.8 Å². The van der Waals surface area contributed by atoms with Crippen LogP contribution < -0.4 is 21.0 Å². The average Bonchev–Trinajstić information content (AvgIpc) is 3.79. The summed E-state index contributed by atoms with van der Waals surface area (Å²) in [6, 6.07) is 16.2. The first kappa shape index (κ1) is 26.7. The Balaban J connectivity index is 1.16. The van der Waals surface area contributed by atoms with E-state index in [0.29, 0.717) is 18.7 Å². The number of carboxylic acids is 1. The van der Waals surface area contributed by atoms with E-state index in [2.05, 4.69) is 51.1 Å². The van der Waals surface area contributed by atoms with Crippen LogP contribution in [0, 0.1) is 0 Å². The van der Waals surface area contributed by atoms with Crippen LogP contribution in [0.3, 0.4) is 0 Å². The van der Waals surface area contributed by atoms with Crippen molar-refractivity contribution in [2.24, 2.45) is 14.1 Å². The van der Waals surface area contributed by atoms with Gasteiger partial charge in [-0.15, -0.1) is 0 Å². The number of nitrogens with zero attached hydrogens (tertiary/aromatic N) is 5. The van der Waals surface area contributed by atoms with Gasteiger partial charge in [-0.25, -0.2) is 4.79 Å². The van der Waals surface area contributed by atoms with Gasteiger partial charge in [-0.3, -0.25) is 18.7 Å². The minimum Gasteiger partial charge on any atom is -0.481 e. The predicted molar refractivity (Wildman–Crippen MR) is 157 cm³/mol. The zero-order valence-electron chi connectivity index (χ0n) is 23.0. The van der Waals surface area contributed by atoms with Gasteiger partial charge in [-0.2, -0.15) is 0 Å². The minimum absolute atomic E-state index is 0.279. The maximum absolute atomic E-state index is 12.4. The van der Waals surface area contributed by atoms with Gasteiger partial charge in [0.1, 0.15) is 5.82 Å². The Morgan fingerprint density at radius 2 is 1.68 bits per heavy atom. The van der Waals surface area contributed by atoms with Gasteiger partial charge >= 0.3 is 11.7 Å². The molecular weight excluding hydrogens is 526 g/mol. The van der Waals surface area contributed by atoms with Crippen molar-refractivity contribution in [3.8, 4) is 0 Å². The Morgan fingerprint density at radius 1 is 0.900 bits per heavy atom. The highest BCUT2D eigenvalue weighted by Crippen LogP contribution is 2.53.